The van der Waals surface area contributed by atoms with Crippen LogP contribution in [0.25, 0.3) is 0 Å². The third-order valence-corrected chi connectivity index (χ3v) is 3.89. The Morgan fingerprint density at radius 2 is 2.00 bits per heavy atom. The number of hydrogen-bond acceptors (Lipinski definition) is 3. The average Bonchev–Trinajstić information content (AvgIpc) is 3.15. The molecule has 1 N–H and O–H groups in total. The van der Waals surface area contributed by atoms with E-state index in [1.807, 2.05) is 39.0 Å². The minimum Gasteiger partial charge on any atom is -0.459 e. The monoisotopic (exact) mass is 312 g/mol. The van der Waals surface area contributed by atoms with Crippen LogP contribution in [0.5, 0.6) is 0 Å². The Morgan fingerprint density at radius 1 is 1.22 bits per heavy atom. The van der Waals surface area contributed by atoms with Crippen molar-refractivity contribution in [3.63, 3.8) is 0 Å². The van der Waals surface area contributed by atoms with Gasteiger partial charge in [-0.1, -0.05) is 20.8 Å². The molecule has 3 rings (SSSR count). The van der Waals surface area contributed by atoms with Crippen molar-refractivity contribution in [3.05, 3.63) is 47.9 Å². The Balaban J connectivity index is 1.81. The molecule has 0 aliphatic carbocycles. The predicted molar refractivity (Wildman–Crippen MR) is 88.6 cm³/mol. The number of benzene rings is 1. The number of furan rings is 1. The lowest BCUT2D eigenvalue weighted by Gasteiger charge is -2.19. The van der Waals surface area contributed by atoms with Crippen molar-refractivity contribution in [2.45, 2.75) is 27.2 Å². The van der Waals surface area contributed by atoms with E-state index >= 15 is 0 Å². The SMILES string of the molecule is CC(C)(C)C(=O)Nc1ccc2c(c1)CCN2C(=O)c1ccco1. The second-order valence-electron chi connectivity index (χ2n) is 6.73. The fourth-order valence-corrected chi connectivity index (χ4v) is 2.54. The first-order valence-corrected chi connectivity index (χ1v) is 7.66. The number of hydrogen-bond donors (Lipinski definition) is 1. The van der Waals surface area contributed by atoms with Gasteiger partial charge in [0, 0.05) is 23.3 Å². The zero-order chi connectivity index (χ0) is 16.6. The fraction of sp³-hybridized carbons (Fsp3) is 0.333. The lowest BCUT2D eigenvalue weighted by molar-refractivity contribution is -0.123. The molecule has 1 aliphatic heterocycles. The average molecular weight is 312 g/mol. The summed E-state index contributed by atoms with van der Waals surface area (Å²) in [5, 5.41) is 2.92. The molecule has 1 aromatic heterocycles. The van der Waals surface area contributed by atoms with Gasteiger partial charge in [-0.05, 0) is 42.3 Å². The number of nitrogens with one attached hydrogen (secondary N) is 1. The topological polar surface area (TPSA) is 62.6 Å². The molecular formula is C18H20N2O3. The maximum Gasteiger partial charge on any atom is 0.293 e. The van der Waals surface area contributed by atoms with Gasteiger partial charge in [0.1, 0.15) is 0 Å². The predicted octanol–water partition coefficient (Wildman–Crippen LogP) is 3.47. The number of nitrogens with zero attached hydrogens (tertiary/aromatic N) is 1. The van der Waals surface area contributed by atoms with Crippen LogP contribution in [-0.2, 0) is 11.2 Å². The van der Waals surface area contributed by atoms with E-state index in [0.717, 1.165) is 23.4 Å². The molecule has 23 heavy (non-hydrogen) atoms. The van der Waals surface area contributed by atoms with Crippen molar-refractivity contribution in [2.75, 3.05) is 16.8 Å². The minimum atomic E-state index is -0.444. The van der Waals surface area contributed by atoms with Gasteiger partial charge in [0.05, 0.1) is 6.26 Å². The van der Waals surface area contributed by atoms with E-state index in [-0.39, 0.29) is 11.8 Å². The lowest BCUT2D eigenvalue weighted by atomic mass is 9.95. The molecule has 0 bridgehead atoms. The third kappa shape index (κ3) is 2.99. The highest BCUT2D eigenvalue weighted by atomic mass is 16.3. The number of amides is 2. The van der Waals surface area contributed by atoms with Crippen molar-refractivity contribution in [1.82, 2.24) is 0 Å². The molecular weight excluding hydrogens is 292 g/mol. The quantitative estimate of drug-likeness (QED) is 0.923. The van der Waals surface area contributed by atoms with Crippen LogP contribution in [0.1, 0.15) is 36.9 Å². The molecule has 0 atom stereocenters. The third-order valence-electron chi connectivity index (χ3n) is 3.89. The van der Waals surface area contributed by atoms with Crippen LogP contribution in [0.15, 0.2) is 41.0 Å². The van der Waals surface area contributed by atoms with Crippen molar-refractivity contribution in [2.24, 2.45) is 5.41 Å². The number of carbonyl (C=O) groups is 2. The normalized spacial score (nSPS) is 13.8. The Kier molecular flexibility index (Phi) is 3.72. The second kappa shape index (κ2) is 5.57. The first-order chi connectivity index (χ1) is 10.9. The molecule has 0 saturated heterocycles. The first-order valence-electron chi connectivity index (χ1n) is 7.66. The molecule has 0 saturated carbocycles. The highest BCUT2D eigenvalue weighted by molar-refractivity contribution is 6.05. The molecule has 120 valence electrons. The number of fused-ring (bicyclic) bond motifs is 1. The van der Waals surface area contributed by atoms with Gasteiger partial charge >= 0.3 is 0 Å². The Hall–Kier alpha value is -2.56. The van der Waals surface area contributed by atoms with E-state index in [1.165, 1.54) is 6.26 Å². The summed E-state index contributed by atoms with van der Waals surface area (Å²) in [6.45, 7) is 6.24. The maximum atomic E-state index is 12.4. The maximum absolute atomic E-state index is 12.4. The Labute approximate surface area is 135 Å². The fourth-order valence-electron chi connectivity index (χ4n) is 2.54. The van der Waals surface area contributed by atoms with E-state index in [0.29, 0.717) is 12.3 Å². The highest BCUT2D eigenvalue weighted by Gasteiger charge is 2.28. The molecule has 1 aliphatic rings. The smallest absolute Gasteiger partial charge is 0.293 e. The zero-order valence-corrected chi connectivity index (χ0v) is 13.6. The van der Waals surface area contributed by atoms with E-state index < -0.39 is 5.41 Å². The van der Waals surface area contributed by atoms with E-state index in [2.05, 4.69) is 5.32 Å². The molecule has 5 nitrogen and oxygen atoms in total. The van der Waals surface area contributed by atoms with Crippen molar-refractivity contribution in [1.29, 1.82) is 0 Å². The van der Waals surface area contributed by atoms with Gasteiger partial charge in [0.2, 0.25) is 5.91 Å². The summed E-state index contributed by atoms with van der Waals surface area (Å²) in [6.07, 6.45) is 2.26. The van der Waals surface area contributed by atoms with Gasteiger partial charge in [-0.15, -0.1) is 0 Å². The molecule has 0 spiro atoms. The van der Waals surface area contributed by atoms with Gasteiger partial charge in [0.15, 0.2) is 5.76 Å². The van der Waals surface area contributed by atoms with Gasteiger partial charge < -0.3 is 14.6 Å². The first kappa shape index (κ1) is 15.3. The molecule has 1 aromatic carbocycles. The van der Waals surface area contributed by atoms with Crippen molar-refractivity contribution >= 4 is 23.2 Å². The molecule has 2 aromatic rings. The number of anilines is 2. The van der Waals surface area contributed by atoms with Gasteiger partial charge in [0.25, 0.3) is 5.91 Å². The highest BCUT2D eigenvalue weighted by Crippen LogP contribution is 2.32. The van der Waals surface area contributed by atoms with Crippen LogP contribution in [0.2, 0.25) is 0 Å². The van der Waals surface area contributed by atoms with Crippen LogP contribution >= 0.6 is 0 Å². The molecule has 0 unspecified atom stereocenters. The number of carbonyl (C=O) groups excluding carboxylic acids is 2. The number of rotatable bonds is 2. The van der Waals surface area contributed by atoms with E-state index in [1.54, 1.807) is 17.0 Å². The van der Waals surface area contributed by atoms with Gasteiger partial charge in [-0.3, -0.25) is 9.59 Å². The van der Waals surface area contributed by atoms with Crippen LogP contribution < -0.4 is 10.2 Å². The van der Waals surface area contributed by atoms with Crippen LogP contribution in [0.3, 0.4) is 0 Å². The Morgan fingerprint density at radius 3 is 2.65 bits per heavy atom. The summed E-state index contributed by atoms with van der Waals surface area (Å²) in [5.41, 5.74) is 2.24. The lowest BCUT2D eigenvalue weighted by Crippen LogP contribution is -2.28. The van der Waals surface area contributed by atoms with Crippen LogP contribution in [0, 0.1) is 5.41 Å². The summed E-state index contributed by atoms with van der Waals surface area (Å²) in [6, 6.07) is 9.01. The van der Waals surface area contributed by atoms with Gasteiger partial charge in [-0.2, -0.15) is 0 Å². The molecule has 2 amide bonds. The largest absolute Gasteiger partial charge is 0.459 e. The minimum absolute atomic E-state index is 0.0287. The van der Waals surface area contributed by atoms with E-state index in [4.69, 9.17) is 4.42 Å². The molecule has 2 heterocycles. The molecule has 5 heteroatoms. The summed E-state index contributed by atoms with van der Waals surface area (Å²) >= 11 is 0. The summed E-state index contributed by atoms with van der Waals surface area (Å²) in [7, 11) is 0. The van der Waals surface area contributed by atoms with Crippen molar-refractivity contribution < 1.29 is 14.0 Å². The van der Waals surface area contributed by atoms with Crippen molar-refractivity contribution in [3.8, 4) is 0 Å². The summed E-state index contributed by atoms with van der Waals surface area (Å²) < 4.78 is 5.19. The molecule has 0 fully saturated rings. The Bertz CT molecular complexity index is 742. The van der Waals surface area contributed by atoms with Crippen LogP contribution in [0.4, 0.5) is 11.4 Å². The van der Waals surface area contributed by atoms with Crippen LogP contribution in [-0.4, -0.2) is 18.4 Å². The second-order valence-corrected chi connectivity index (χ2v) is 6.73. The standard InChI is InChI=1S/C18H20N2O3/c1-18(2,3)17(22)19-13-6-7-14-12(11-13)8-9-20(14)16(21)15-5-4-10-23-15/h4-7,10-11H,8-9H2,1-3H3,(H,19,22). The van der Waals surface area contributed by atoms with E-state index in [9.17, 15) is 9.59 Å². The van der Waals surface area contributed by atoms with Gasteiger partial charge in [-0.25, -0.2) is 0 Å². The summed E-state index contributed by atoms with van der Waals surface area (Å²) in [5.74, 6) is 0.169. The zero-order valence-electron chi connectivity index (χ0n) is 13.6. The molecule has 0 radical (unpaired) electrons. The summed E-state index contributed by atoms with van der Waals surface area (Å²) in [4.78, 5) is 26.2.